The van der Waals surface area contributed by atoms with Crippen LogP contribution < -0.4 is 0 Å². The van der Waals surface area contributed by atoms with Crippen molar-refractivity contribution in [2.75, 3.05) is 5.88 Å². The highest BCUT2D eigenvalue weighted by Crippen LogP contribution is 2.35. The molecule has 0 bridgehead atoms. The van der Waals surface area contributed by atoms with Crippen LogP contribution in [0.5, 0.6) is 0 Å². The molecular formula is C14H17BrClF. The molecule has 0 aromatic heterocycles. The molecule has 1 aromatic rings. The normalized spacial score (nSPS) is 18.5. The van der Waals surface area contributed by atoms with Crippen molar-refractivity contribution in [3.05, 3.63) is 34.1 Å². The van der Waals surface area contributed by atoms with Gasteiger partial charge in [0.1, 0.15) is 5.82 Å². The van der Waals surface area contributed by atoms with E-state index in [0.29, 0.717) is 11.8 Å². The average Bonchev–Trinajstić information content (AvgIpc) is 2.81. The van der Waals surface area contributed by atoms with Gasteiger partial charge in [0.15, 0.2) is 0 Å². The van der Waals surface area contributed by atoms with Gasteiger partial charge in [0, 0.05) is 10.4 Å². The first-order valence-electron chi connectivity index (χ1n) is 6.20. The van der Waals surface area contributed by atoms with E-state index < -0.39 is 0 Å². The SMILES string of the molecule is Fc1ccc(CC(CCl)C2CCCC2)c(Br)c1. The van der Waals surface area contributed by atoms with Crippen LogP contribution in [0.1, 0.15) is 31.2 Å². The molecule has 0 saturated heterocycles. The summed E-state index contributed by atoms with van der Waals surface area (Å²) in [5.74, 6) is 1.79. The first-order chi connectivity index (χ1) is 8.20. The van der Waals surface area contributed by atoms with Crippen molar-refractivity contribution in [2.24, 2.45) is 11.8 Å². The van der Waals surface area contributed by atoms with Gasteiger partial charge in [-0.1, -0.05) is 47.7 Å². The molecule has 1 unspecified atom stereocenters. The molecule has 2 rings (SSSR count). The highest BCUT2D eigenvalue weighted by Gasteiger charge is 2.25. The molecule has 17 heavy (non-hydrogen) atoms. The molecular weight excluding hydrogens is 303 g/mol. The number of rotatable bonds is 4. The smallest absolute Gasteiger partial charge is 0.124 e. The van der Waals surface area contributed by atoms with Crippen molar-refractivity contribution < 1.29 is 4.39 Å². The highest BCUT2D eigenvalue weighted by atomic mass is 79.9. The molecule has 1 fully saturated rings. The van der Waals surface area contributed by atoms with Crippen molar-refractivity contribution >= 4 is 27.5 Å². The molecule has 1 aliphatic carbocycles. The molecule has 1 aliphatic rings. The van der Waals surface area contributed by atoms with Crippen LogP contribution in [0.15, 0.2) is 22.7 Å². The van der Waals surface area contributed by atoms with E-state index in [1.54, 1.807) is 0 Å². The Hall–Kier alpha value is -0.0800. The zero-order valence-corrected chi connectivity index (χ0v) is 12.1. The van der Waals surface area contributed by atoms with Crippen LogP contribution in [-0.4, -0.2) is 5.88 Å². The summed E-state index contributed by atoms with van der Waals surface area (Å²) in [6, 6.07) is 4.93. The predicted molar refractivity (Wildman–Crippen MR) is 74.0 cm³/mol. The molecule has 0 heterocycles. The van der Waals surface area contributed by atoms with Crippen molar-refractivity contribution in [3.8, 4) is 0 Å². The summed E-state index contributed by atoms with van der Waals surface area (Å²) in [4.78, 5) is 0. The van der Waals surface area contributed by atoms with E-state index in [0.717, 1.165) is 16.8 Å². The highest BCUT2D eigenvalue weighted by molar-refractivity contribution is 9.10. The van der Waals surface area contributed by atoms with Gasteiger partial charge >= 0.3 is 0 Å². The van der Waals surface area contributed by atoms with Crippen LogP contribution >= 0.6 is 27.5 Å². The fraction of sp³-hybridized carbons (Fsp3) is 0.571. The summed E-state index contributed by atoms with van der Waals surface area (Å²) in [5, 5.41) is 0. The zero-order valence-electron chi connectivity index (χ0n) is 9.76. The van der Waals surface area contributed by atoms with Gasteiger partial charge in [-0.15, -0.1) is 11.6 Å². The quantitative estimate of drug-likeness (QED) is 0.671. The third-order valence-electron chi connectivity index (χ3n) is 3.76. The summed E-state index contributed by atoms with van der Waals surface area (Å²) in [6.45, 7) is 0. The topological polar surface area (TPSA) is 0 Å². The standard InChI is InChI=1S/C14H17BrClF/c15-14-8-13(17)6-5-11(14)7-12(9-16)10-3-1-2-4-10/h5-6,8,10,12H,1-4,7,9H2. The van der Waals surface area contributed by atoms with Gasteiger partial charge in [-0.25, -0.2) is 4.39 Å². The molecule has 1 saturated carbocycles. The maximum Gasteiger partial charge on any atom is 0.124 e. The Morgan fingerprint density at radius 3 is 2.65 bits per heavy atom. The molecule has 3 heteroatoms. The number of hydrogen-bond acceptors (Lipinski definition) is 0. The van der Waals surface area contributed by atoms with Gasteiger partial charge in [-0.05, 0) is 36.0 Å². The minimum atomic E-state index is -0.191. The van der Waals surface area contributed by atoms with Crippen LogP contribution in [0.2, 0.25) is 0 Å². The van der Waals surface area contributed by atoms with Crippen LogP contribution in [0.4, 0.5) is 4.39 Å². The fourth-order valence-electron chi connectivity index (χ4n) is 2.75. The first-order valence-corrected chi connectivity index (χ1v) is 7.53. The molecule has 0 N–H and O–H groups in total. The minimum Gasteiger partial charge on any atom is -0.207 e. The van der Waals surface area contributed by atoms with Gasteiger partial charge in [-0.2, -0.15) is 0 Å². The van der Waals surface area contributed by atoms with Gasteiger partial charge in [0.05, 0.1) is 0 Å². The van der Waals surface area contributed by atoms with Crippen molar-refractivity contribution in [2.45, 2.75) is 32.1 Å². The molecule has 0 aliphatic heterocycles. The molecule has 0 nitrogen and oxygen atoms in total. The maximum atomic E-state index is 13.0. The number of benzene rings is 1. The fourth-order valence-corrected chi connectivity index (χ4v) is 3.62. The van der Waals surface area contributed by atoms with E-state index in [2.05, 4.69) is 15.9 Å². The molecule has 0 spiro atoms. The average molecular weight is 320 g/mol. The lowest BCUT2D eigenvalue weighted by atomic mass is 9.87. The van der Waals surface area contributed by atoms with E-state index >= 15 is 0 Å². The van der Waals surface area contributed by atoms with Crippen molar-refractivity contribution in [1.82, 2.24) is 0 Å². The Balaban J connectivity index is 2.06. The molecule has 1 atom stereocenters. The third kappa shape index (κ3) is 3.45. The lowest BCUT2D eigenvalue weighted by Crippen LogP contribution is -2.16. The summed E-state index contributed by atoms with van der Waals surface area (Å²) >= 11 is 9.52. The monoisotopic (exact) mass is 318 g/mol. The number of hydrogen-bond donors (Lipinski definition) is 0. The van der Waals surface area contributed by atoms with E-state index in [9.17, 15) is 4.39 Å². The van der Waals surface area contributed by atoms with Gasteiger partial charge < -0.3 is 0 Å². The zero-order chi connectivity index (χ0) is 12.3. The molecule has 0 radical (unpaired) electrons. The van der Waals surface area contributed by atoms with E-state index in [-0.39, 0.29) is 5.82 Å². The third-order valence-corrected chi connectivity index (χ3v) is 4.90. The lowest BCUT2D eigenvalue weighted by Gasteiger charge is -2.21. The molecule has 0 amide bonds. The summed E-state index contributed by atoms with van der Waals surface area (Å²) < 4.78 is 13.9. The van der Waals surface area contributed by atoms with Gasteiger partial charge in [0.2, 0.25) is 0 Å². The summed E-state index contributed by atoms with van der Waals surface area (Å²) in [6.07, 6.45) is 6.23. The Bertz CT molecular complexity index is 374. The van der Waals surface area contributed by atoms with E-state index in [1.165, 1.54) is 43.4 Å². The van der Waals surface area contributed by atoms with Crippen LogP contribution in [0.3, 0.4) is 0 Å². The van der Waals surface area contributed by atoms with Crippen molar-refractivity contribution in [3.63, 3.8) is 0 Å². The lowest BCUT2D eigenvalue weighted by molar-refractivity contribution is 0.368. The Morgan fingerprint density at radius 2 is 2.06 bits per heavy atom. The largest absolute Gasteiger partial charge is 0.207 e. The molecule has 1 aromatic carbocycles. The van der Waals surface area contributed by atoms with Crippen LogP contribution in [0, 0.1) is 17.7 Å². The van der Waals surface area contributed by atoms with Gasteiger partial charge in [-0.3, -0.25) is 0 Å². The Morgan fingerprint density at radius 1 is 1.35 bits per heavy atom. The van der Waals surface area contributed by atoms with Crippen LogP contribution in [0.25, 0.3) is 0 Å². The number of alkyl halides is 1. The maximum absolute atomic E-state index is 13.0. The second-order valence-corrected chi connectivity index (χ2v) is 6.06. The second-order valence-electron chi connectivity index (χ2n) is 4.90. The predicted octanol–water partition coefficient (Wildman–Crippen LogP) is 5.18. The first kappa shape index (κ1) is 13.4. The van der Waals surface area contributed by atoms with Gasteiger partial charge in [0.25, 0.3) is 0 Å². The van der Waals surface area contributed by atoms with Crippen molar-refractivity contribution in [1.29, 1.82) is 0 Å². The second kappa shape index (κ2) is 6.19. The molecule has 94 valence electrons. The summed E-state index contributed by atoms with van der Waals surface area (Å²) in [7, 11) is 0. The van der Waals surface area contributed by atoms with E-state index in [1.807, 2.05) is 6.07 Å². The minimum absolute atomic E-state index is 0.191. The Labute approximate surface area is 116 Å². The Kier molecular flexibility index (Phi) is 4.87. The van der Waals surface area contributed by atoms with E-state index in [4.69, 9.17) is 11.6 Å². The summed E-state index contributed by atoms with van der Waals surface area (Å²) in [5.41, 5.74) is 1.17. The number of halogens is 3. The van der Waals surface area contributed by atoms with Crippen LogP contribution in [-0.2, 0) is 6.42 Å².